The minimum Gasteiger partial charge on any atom is -0.300 e. The maximum atomic E-state index is 13.5. The molecular weight excluding hydrogens is 348 g/mol. The van der Waals surface area contributed by atoms with Gasteiger partial charge in [0.1, 0.15) is 0 Å². The molecule has 0 fully saturated rings. The standard InChI is InChI=1S/C18H10ClF2N3O/c19-12-3-1-2-11(8-12)16-10-23-6-7-24(18(25)17(23)22-16)13-4-5-14(20)15(21)9-13/h1-10H. The monoisotopic (exact) mass is 357 g/mol. The van der Waals surface area contributed by atoms with Crippen molar-refractivity contribution in [2.75, 3.05) is 0 Å². The predicted molar refractivity (Wildman–Crippen MR) is 91.2 cm³/mol. The fraction of sp³-hybridized carbons (Fsp3) is 0. The van der Waals surface area contributed by atoms with Crippen LogP contribution < -0.4 is 5.56 Å². The van der Waals surface area contributed by atoms with E-state index in [-0.39, 0.29) is 11.3 Å². The maximum Gasteiger partial charge on any atom is 0.298 e. The van der Waals surface area contributed by atoms with Gasteiger partial charge in [-0.1, -0.05) is 23.7 Å². The van der Waals surface area contributed by atoms with E-state index in [1.807, 2.05) is 6.07 Å². The summed E-state index contributed by atoms with van der Waals surface area (Å²) in [4.78, 5) is 17.0. The first-order chi connectivity index (χ1) is 12.0. The van der Waals surface area contributed by atoms with Crippen LogP contribution in [-0.2, 0) is 0 Å². The molecule has 7 heteroatoms. The molecule has 0 aliphatic rings. The number of imidazole rings is 1. The smallest absolute Gasteiger partial charge is 0.298 e. The van der Waals surface area contributed by atoms with Crippen LogP contribution in [0.2, 0.25) is 5.02 Å². The molecule has 0 saturated carbocycles. The van der Waals surface area contributed by atoms with E-state index in [0.717, 1.165) is 17.7 Å². The highest BCUT2D eigenvalue weighted by Crippen LogP contribution is 2.22. The average molecular weight is 358 g/mol. The molecule has 4 rings (SSSR count). The summed E-state index contributed by atoms with van der Waals surface area (Å²) in [7, 11) is 0. The minimum atomic E-state index is -1.02. The molecule has 0 spiro atoms. The second-order valence-electron chi connectivity index (χ2n) is 5.44. The molecule has 0 amide bonds. The molecule has 0 saturated heterocycles. The van der Waals surface area contributed by atoms with Crippen molar-refractivity contribution < 1.29 is 8.78 Å². The molecule has 0 radical (unpaired) electrons. The van der Waals surface area contributed by atoms with Gasteiger partial charge in [0, 0.05) is 35.2 Å². The van der Waals surface area contributed by atoms with Crippen molar-refractivity contribution in [2.24, 2.45) is 0 Å². The first-order valence-corrected chi connectivity index (χ1v) is 7.72. The minimum absolute atomic E-state index is 0.169. The van der Waals surface area contributed by atoms with E-state index in [2.05, 4.69) is 4.98 Å². The highest BCUT2D eigenvalue weighted by Gasteiger charge is 2.12. The van der Waals surface area contributed by atoms with Crippen molar-refractivity contribution in [3.8, 4) is 16.9 Å². The Morgan fingerprint density at radius 2 is 1.84 bits per heavy atom. The van der Waals surface area contributed by atoms with Crippen molar-refractivity contribution in [1.82, 2.24) is 14.0 Å². The van der Waals surface area contributed by atoms with Crippen LogP contribution in [0.4, 0.5) is 8.78 Å². The first-order valence-electron chi connectivity index (χ1n) is 7.35. The molecule has 4 aromatic rings. The molecule has 0 N–H and O–H groups in total. The highest BCUT2D eigenvalue weighted by atomic mass is 35.5. The number of aromatic nitrogens is 3. The average Bonchev–Trinajstić information content (AvgIpc) is 3.03. The molecule has 2 aromatic heterocycles. The van der Waals surface area contributed by atoms with Gasteiger partial charge in [-0.3, -0.25) is 9.36 Å². The number of rotatable bonds is 2. The summed E-state index contributed by atoms with van der Waals surface area (Å²) in [5, 5.41) is 0.564. The fourth-order valence-electron chi connectivity index (χ4n) is 2.60. The van der Waals surface area contributed by atoms with Crippen molar-refractivity contribution in [2.45, 2.75) is 0 Å². The summed E-state index contributed by atoms with van der Waals surface area (Å²) in [6.45, 7) is 0. The molecule has 4 nitrogen and oxygen atoms in total. The normalized spacial score (nSPS) is 11.2. The molecule has 25 heavy (non-hydrogen) atoms. The van der Waals surface area contributed by atoms with Crippen molar-refractivity contribution in [3.63, 3.8) is 0 Å². The Bertz CT molecular complexity index is 1170. The Hall–Kier alpha value is -2.99. The number of hydrogen-bond donors (Lipinski definition) is 0. The zero-order valence-corrected chi connectivity index (χ0v) is 13.4. The highest BCUT2D eigenvalue weighted by molar-refractivity contribution is 6.30. The number of benzene rings is 2. The maximum absolute atomic E-state index is 13.5. The lowest BCUT2D eigenvalue weighted by Gasteiger charge is -2.06. The summed E-state index contributed by atoms with van der Waals surface area (Å²) in [5.41, 5.74) is 1.31. The lowest BCUT2D eigenvalue weighted by atomic mass is 10.2. The molecule has 0 atom stereocenters. The number of hydrogen-bond acceptors (Lipinski definition) is 2. The van der Waals surface area contributed by atoms with E-state index in [1.165, 1.54) is 16.8 Å². The Morgan fingerprint density at radius 3 is 2.60 bits per heavy atom. The molecule has 0 unspecified atom stereocenters. The van der Waals surface area contributed by atoms with E-state index >= 15 is 0 Å². The Morgan fingerprint density at radius 1 is 1.00 bits per heavy atom. The number of fused-ring (bicyclic) bond motifs is 1. The molecule has 124 valence electrons. The van der Waals surface area contributed by atoms with Crippen LogP contribution >= 0.6 is 11.6 Å². The predicted octanol–water partition coefficient (Wildman–Crippen LogP) is 4.08. The van der Waals surface area contributed by atoms with E-state index in [0.29, 0.717) is 10.7 Å². The molecule has 0 bridgehead atoms. The van der Waals surface area contributed by atoms with Gasteiger partial charge < -0.3 is 4.40 Å². The summed E-state index contributed by atoms with van der Waals surface area (Å²) in [5.74, 6) is -1.99. The summed E-state index contributed by atoms with van der Waals surface area (Å²) >= 11 is 5.99. The van der Waals surface area contributed by atoms with E-state index in [9.17, 15) is 13.6 Å². The van der Waals surface area contributed by atoms with Gasteiger partial charge in [0.05, 0.1) is 11.4 Å². The molecule has 0 aliphatic heterocycles. The van der Waals surface area contributed by atoms with Crippen molar-refractivity contribution in [3.05, 3.63) is 88.1 Å². The molecular formula is C18H10ClF2N3O. The van der Waals surface area contributed by atoms with Gasteiger partial charge in [-0.25, -0.2) is 13.8 Å². The van der Waals surface area contributed by atoms with Gasteiger partial charge in [-0.15, -0.1) is 0 Å². The molecule has 2 heterocycles. The van der Waals surface area contributed by atoms with Gasteiger partial charge >= 0.3 is 0 Å². The van der Waals surface area contributed by atoms with Gasteiger partial charge in [0.15, 0.2) is 11.6 Å². The summed E-state index contributed by atoms with van der Waals surface area (Å²) < 4.78 is 29.3. The van der Waals surface area contributed by atoms with Gasteiger partial charge in [0.25, 0.3) is 5.56 Å². The van der Waals surface area contributed by atoms with Crippen molar-refractivity contribution >= 4 is 17.2 Å². The third-order valence-corrected chi connectivity index (χ3v) is 4.06. The van der Waals surface area contributed by atoms with Crippen molar-refractivity contribution in [1.29, 1.82) is 0 Å². The van der Waals surface area contributed by atoms with E-state index in [1.54, 1.807) is 35.0 Å². The summed E-state index contributed by atoms with van der Waals surface area (Å²) in [6.07, 6.45) is 4.81. The van der Waals surface area contributed by atoms with Crippen LogP contribution in [-0.4, -0.2) is 14.0 Å². The van der Waals surface area contributed by atoms with Gasteiger partial charge in [-0.05, 0) is 24.3 Å². The Kier molecular flexibility index (Phi) is 3.62. The lowest BCUT2D eigenvalue weighted by Crippen LogP contribution is -2.20. The Balaban J connectivity index is 1.88. The molecule has 2 aromatic carbocycles. The summed E-state index contributed by atoms with van der Waals surface area (Å²) in [6, 6.07) is 10.4. The van der Waals surface area contributed by atoms with Crippen LogP contribution in [0.15, 0.2) is 65.8 Å². The van der Waals surface area contributed by atoms with Crippen LogP contribution in [0.5, 0.6) is 0 Å². The zero-order chi connectivity index (χ0) is 17.6. The van der Waals surface area contributed by atoms with Crippen LogP contribution in [0.1, 0.15) is 0 Å². The molecule has 0 aliphatic carbocycles. The zero-order valence-electron chi connectivity index (χ0n) is 12.7. The van der Waals surface area contributed by atoms with E-state index < -0.39 is 17.2 Å². The SMILES string of the molecule is O=c1c2nc(-c3cccc(Cl)c3)cn2ccn1-c1ccc(F)c(F)c1. The Labute approximate surface area is 145 Å². The first kappa shape index (κ1) is 15.5. The fourth-order valence-corrected chi connectivity index (χ4v) is 2.79. The largest absolute Gasteiger partial charge is 0.300 e. The van der Waals surface area contributed by atoms with Crippen LogP contribution in [0.25, 0.3) is 22.6 Å². The quantitative estimate of drug-likeness (QED) is 0.542. The lowest BCUT2D eigenvalue weighted by molar-refractivity contribution is 0.508. The van der Waals surface area contributed by atoms with E-state index in [4.69, 9.17) is 11.6 Å². The third-order valence-electron chi connectivity index (χ3n) is 3.82. The number of nitrogens with zero attached hydrogens (tertiary/aromatic N) is 3. The van der Waals surface area contributed by atoms with Crippen LogP contribution in [0, 0.1) is 11.6 Å². The third kappa shape index (κ3) is 2.70. The second-order valence-corrected chi connectivity index (χ2v) is 5.88. The number of halogens is 3. The van der Waals surface area contributed by atoms with Crippen LogP contribution in [0.3, 0.4) is 0 Å². The topological polar surface area (TPSA) is 39.3 Å². The van der Waals surface area contributed by atoms with Gasteiger partial charge in [-0.2, -0.15) is 0 Å². The van der Waals surface area contributed by atoms with Gasteiger partial charge in [0.2, 0.25) is 5.65 Å². The second kappa shape index (κ2) is 5.82.